The summed E-state index contributed by atoms with van der Waals surface area (Å²) in [6.45, 7) is 2.08. The number of rotatable bonds is 5. The van der Waals surface area contributed by atoms with Crippen LogP contribution in [0.25, 0.3) is 0 Å². The first kappa shape index (κ1) is 14.3. The molecule has 1 amide bonds. The molecule has 0 radical (unpaired) electrons. The van der Waals surface area contributed by atoms with Crippen LogP contribution < -0.4 is 0 Å². The third-order valence-electron chi connectivity index (χ3n) is 2.70. The number of thioether (sulfide) groups is 1. The van der Waals surface area contributed by atoms with E-state index in [1.807, 2.05) is 13.3 Å². The van der Waals surface area contributed by atoms with E-state index in [2.05, 4.69) is 11.9 Å². The first-order chi connectivity index (χ1) is 8.11. The van der Waals surface area contributed by atoms with Crippen molar-refractivity contribution in [3.8, 4) is 0 Å². The van der Waals surface area contributed by atoms with Gasteiger partial charge in [0.2, 0.25) is 0 Å². The maximum Gasteiger partial charge on any atom is 0.256 e. The first-order valence-corrected chi connectivity index (χ1v) is 7.24. The summed E-state index contributed by atoms with van der Waals surface area (Å²) in [6, 6.07) is 1.87. The summed E-state index contributed by atoms with van der Waals surface area (Å²) in [5, 5.41) is 0.454. The predicted octanol–water partition coefficient (Wildman–Crippen LogP) is 2.95. The number of aromatic nitrogens is 1. The summed E-state index contributed by atoms with van der Waals surface area (Å²) in [4.78, 5) is 17.9. The van der Waals surface area contributed by atoms with Crippen molar-refractivity contribution in [2.24, 2.45) is 0 Å². The smallest absolute Gasteiger partial charge is 0.256 e. The minimum Gasteiger partial charge on any atom is -0.338 e. The highest BCUT2D eigenvalue weighted by molar-refractivity contribution is 7.98. The minimum absolute atomic E-state index is 0.0657. The Bertz CT molecular complexity index is 387. The summed E-state index contributed by atoms with van der Waals surface area (Å²) in [5.41, 5.74) is 0.469. The SMILES string of the molecule is CCC(CSC)N(C)C(=O)c1cnccc1Cl. The molecular weight excluding hydrogens is 256 g/mol. The third-order valence-corrected chi connectivity index (χ3v) is 3.74. The van der Waals surface area contributed by atoms with Crippen LogP contribution in [0.1, 0.15) is 23.7 Å². The van der Waals surface area contributed by atoms with Gasteiger partial charge in [-0.2, -0.15) is 11.8 Å². The maximum atomic E-state index is 12.2. The number of nitrogens with zero attached hydrogens (tertiary/aromatic N) is 2. The molecule has 0 aliphatic carbocycles. The fourth-order valence-electron chi connectivity index (χ4n) is 1.59. The van der Waals surface area contributed by atoms with E-state index in [4.69, 9.17) is 11.6 Å². The van der Waals surface area contributed by atoms with Gasteiger partial charge >= 0.3 is 0 Å². The van der Waals surface area contributed by atoms with E-state index in [0.717, 1.165) is 12.2 Å². The number of halogens is 1. The fourth-order valence-corrected chi connectivity index (χ4v) is 2.62. The van der Waals surface area contributed by atoms with E-state index in [-0.39, 0.29) is 11.9 Å². The molecule has 5 heteroatoms. The van der Waals surface area contributed by atoms with Crippen molar-refractivity contribution < 1.29 is 4.79 Å². The van der Waals surface area contributed by atoms with Crippen LogP contribution in [0.3, 0.4) is 0 Å². The predicted molar refractivity (Wildman–Crippen MR) is 73.8 cm³/mol. The van der Waals surface area contributed by atoms with Gasteiger partial charge in [-0.3, -0.25) is 9.78 Å². The molecule has 0 N–H and O–H groups in total. The van der Waals surface area contributed by atoms with Gasteiger partial charge in [-0.25, -0.2) is 0 Å². The first-order valence-electron chi connectivity index (χ1n) is 5.47. The molecule has 3 nitrogen and oxygen atoms in total. The Labute approximate surface area is 112 Å². The van der Waals surface area contributed by atoms with Gasteiger partial charge in [-0.1, -0.05) is 18.5 Å². The van der Waals surface area contributed by atoms with Crippen LogP contribution in [-0.4, -0.2) is 40.9 Å². The average Bonchev–Trinajstić information content (AvgIpc) is 2.35. The van der Waals surface area contributed by atoms with Gasteiger partial charge in [-0.15, -0.1) is 0 Å². The van der Waals surface area contributed by atoms with Gasteiger partial charge in [0.05, 0.1) is 10.6 Å². The third kappa shape index (κ3) is 3.61. The van der Waals surface area contributed by atoms with E-state index in [1.54, 1.807) is 28.9 Å². The van der Waals surface area contributed by atoms with Crippen molar-refractivity contribution in [1.29, 1.82) is 0 Å². The van der Waals surface area contributed by atoms with Gasteiger partial charge in [0.15, 0.2) is 0 Å². The summed E-state index contributed by atoms with van der Waals surface area (Å²) in [6.07, 6.45) is 6.07. The van der Waals surface area contributed by atoms with Crippen molar-refractivity contribution in [1.82, 2.24) is 9.88 Å². The Hall–Kier alpha value is -0.740. The molecule has 0 saturated heterocycles. The number of amides is 1. The molecule has 1 aromatic heterocycles. The molecule has 0 fully saturated rings. The highest BCUT2D eigenvalue weighted by Crippen LogP contribution is 2.18. The van der Waals surface area contributed by atoms with Gasteiger partial charge in [0, 0.05) is 31.2 Å². The lowest BCUT2D eigenvalue weighted by atomic mass is 10.2. The van der Waals surface area contributed by atoms with Crippen LogP contribution in [-0.2, 0) is 0 Å². The van der Waals surface area contributed by atoms with Crippen molar-refractivity contribution >= 4 is 29.3 Å². The number of hydrogen-bond acceptors (Lipinski definition) is 3. The molecule has 1 heterocycles. The van der Waals surface area contributed by atoms with Crippen molar-refractivity contribution in [2.75, 3.05) is 19.1 Å². The van der Waals surface area contributed by atoms with E-state index in [1.165, 1.54) is 6.20 Å². The molecule has 0 saturated carbocycles. The molecule has 1 unspecified atom stereocenters. The summed E-state index contributed by atoms with van der Waals surface area (Å²) < 4.78 is 0. The Kier molecular flexibility index (Phi) is 5.78. The Morgan fingerprint density at radius 3 is 2.88 bits per heavy atom. The zero-order valence-electron chi connectivity index (χ0n) is 10.3. The lowest BCUT2D eigenvalue weighted by molar-refractivity contribution is 0.0743. The number of carbonyl (C=O) groups is 1. The molecule has 0 spiro atoms. The summed E-state index contributed by atoms with van der Waals surface area (Å²) >= 11 is 7.73. The second-order valence-electron chi connectivity index (χ2n) is 3.79. The highest BCUT2D eigenvalue weighted by atomic mass is 35.5. The van der Waals surface area contributed by atoms with Gasteiger partial charge < -0.3 is 4.90 Å². The Morgan fingerprint density at radius 2 is 2.35 bits per heavy atom. The van der Waals surface area contributed by atoms with Crippen LogP contribution in [0.4, 0.5) is 0 Å². The molecule has 1 atom stereocenters. The normalized spacial score (nSPS) is 12.2. The van der Waals surface area contributed by atoms with Gasteiger partial charge in [0.25, 0.3) is 5.91 Å². The lowest BCUT2D eigenvalue weighted by Crippen LogP contribution is -2.38. The molecule has 1 aromatic rings. The molecular formula is C12H17ClN2OS. The van der Waals surface area contributed by atoms with Crippen molar-refractivity contribution in [3.63, 3.8) is 0 Å². The van der Waals surface area contributed by atoms with E-state index < -0.39 is 0 Å². The number of carbonyl (C=O) groups excluding carboxylic acids is 1. The monoisotopic (exact) mass is 272 g/mol. The molecule has 0 aliphatic heterocycles. The van der Waals surface area contributed by atoms with Crippen LogP contribution >= 0.6 is 23.4 Å². The molecule has 1 rings (SSSR count). The molecule has 94 valence electrons. The van der Waals surface area contributed by atoms with E-state index in [9.17, 15) is 4.79 Å². The Morgan fingerprint density at radius 1 is 1.65 bits per heavy atom. The summed E-state index contributed by atoms with van der Waals surface area (Å²) in [7, 11) is 1.82. The number of hydrogen-bond donors (Lipinski definition) is 0. The standard InChI is InChI=1S/C12H17ClN2OS/c1-4-9(8-17-3)15(2)12(16)10-7-14-6-5-11(10)13/h5-7,9H,4,8H2,1-3H3. The molecule has 0 aliphatic rings. The second-order valence-corrected chi connectivity index (χ2v) is 5.11. The quantitative estimate of drug-likeness (QED) is 0.826. The van der Waals surface area contributed by atoms with Crippen LogP contribution in [0.2, 0.25) is 5.02 Å². The molecule has 17 heavy (non-hydrogen) atoms. The molecule has 0 bridgehead atoms. The van der Waals surface area contributed by atoms with E-state index >= 15 is 0 Å². The number of pyridine rings is 1. The summed E-state index contributed by atoms with van der Waals surface area (Å²) in [5.74, 6) is 0.861. The van der Waals surface area contributed by atoms with E-state index in [0.29, 0.717) is 10.6 Å². The fraction of sp³-hybridized carbons (Fsp3) is 0.500. The maximum absolute atomic E-state index is 12.2. The average molecular weight is 273 g/mol. The van der Waals surface area contributed by atoms with Crippen LogP contribution in [0, 0.1) is 0 Å². The highest BCUT2D eigenvalue weighted by Gasteiger charge is 2.21. The van der Waals surface area contributed by atoms with Gasteiger partial charge in [0.1, 0.15) is 0 Å². The molecule has 0 aromatic carbocycles. The van der Waals surface area contributed by atoms with Crippen molar-refractivity contribution in [3.05, 3.63) is 29.0 Å². The lowest BCUT2D eigenvalue weighted by Gasteiger charge is -2.27. The minimum atomic E-state index is -0.0657. The van der Waals surface area contributed by atoms with Gasteiger partial charge in [-0.05, 0) is 18.7 Å². The van der Waals surface area contributed by atoms with Crippen molar-refractivity contribution in [2.45, 2.75) is 19.4 Å². The topological polar surface area (TPSA) is 33.2 Å². The zero-order valence-corrected chi connectivity index (χ0v) is 11.9. The zero-order chi connectivity index (χ0) is 12.8. The van der Waals surface area contributed by atoms with Crippen LogP contribution in [0.5, 0.6) is 0 Å². The Balaban J connectivity index is 2.85. The second kappa shape index (κ2) is 6.87. The van der Waals surface area contributed by atoms with Crippen LogP contribution in [0.15, 0.2) is 18.5 Å². The largest absolute Gasteiger partial charge is 0.338 e.